The van der Waals surface area contributed by atoms with Crippen LogP contribution in [0.15, 0.2) is 41.0 Å². The van der Waals surface area contributed by atoms with E-state index in [1.54, 1.807) is 11.8 Å². The lowest BCUT2D eigenvalue weighted by molar-refractivity contribution is 0.496. The van der Waals surface area contributed by atoms with Gasteiger partial charge in [0.2, 0.25) is 0 Å². The van der Waals surface area contributed by atoms with Crippen LogP contribution < -0.4 is 5.73 Å². The van der Waals surface area contributed by atoms with Gasteiger partial charge in [-0.25, -0.2) is 4.99 Å². The minimum Gasteiger partial charge on any atom is -0.378 e. The minimum absolute atomic E-state index is 0.0102. The fraction of sp³-hybridized carbons (Fsp3) is 0.357. The van der Waals surface area contributed by atoms with E-state index in [1.165, 1.54) is 5.56 Å². The summed E-state index contributed by atoms with van der Waals surface area (Å²) in [6, 6.07) is 7.89. The first-order chi connectivity index (χ1) is 8.36. The normalized spacial score (nSPS) is 20.3. The maximum absolute atomic E-state index is 5.93. The summed E-state index contributed by atoms with van der Waals surface area (Å²) in [5, 5.41) is 1.59. The molecule has 1 aliphatic heterocycles. The van der Waals surface area contributed by atoms with E-state index >= 15 is 0 Å². The molecule has 2 rings (SSSR count). The zero-order valence-corrected chi connectivity index (χ0v) is 12.3. The summed E-state index contributed by atoms with van der Waals surface area (Å²) >= 11 is 7.48. The summed E-state index contributed by atoms with van der Waals surface area (Å²) in [5.41, 5.74) is 8.17. The van der Waals surface area contributed by atoms with Gasteiger partial charge in [-0.05, 0) is 23.8 Å². The Morgan fingerprint density at radius 2 is 1.83 bits per heavy atom. The number of nitrogens with zero attached hydrogens (tertiary/aromatic N) is 1. The van der Waals surface area contributed by atoms with Crippen LogP contribution in [-0.2, 0) is 0 Å². The Hall–Kier alpha value is -0.930. The molecule has 0 fully saturated rings. The van der Waals surface area contributed by atoms with Crippen molar-refractivity contribution in [3.63, 3.8) is 0 Å². The Morgan fingerprint density at radius 1 is 1.22 bits per heavy atom. The Bertz CT molecular complexity index is 498. The van der Waals surface area contributed by atoms with Gasteiger partial charge in [-0.15, -0.1) is 0 Å². The predicted molar refractivity (Wildman–Crippen MR) is 80.9 cm³/mol. The molecule has 0 saturated carbocycles. The molecule has 1 aliphatic rings. The molecular weight excluding hydrogens is 264 g/mol. The Labute approximate surface area is 117 Å². The van der Waals surface area contributed by atoms with Crippen LogP contribution in [0, 0.1) is 5.41 Å². The minimum atomic E-state index is 0.0102. The lowest BCUT2D eigenvalue weighted by Gasteiger charge is -2.26. The molecule has 0 saturated heterocycles. The van der Waals surface area contributed by atoms with E-state index < -0.39 is 0 Å². The van der Waals surface area contributed by atoms with E-state index in [-0.39, 0.29) is 10.7 Å². The van der Waals surface area contributed by atoms with Crippen molar-refractivity contribution >= 4 is 28.5 Å². The molecule has 0 radical (unpaired) electrons. The van der Waals surface area contributed by atoms with Crippen LogP contribution in [0.1, 0.15) is 31.6 Å². The van der Waals surface area contributed by atoms with Crippen molar-refractivity contribution in [2.24, 2.45) is 16.1 Å². The quantitative estimate of drug-likeness (QED) is 0.829. The second-order valence-electron chi connectivity index (χ2n) is 5.34. The monoisotopic (exact) mass is 280 g/mol. The number of hydrogen-bond donors (Lipinski definition) is 1. The molecule has 1 atom stereocenters. The molecule has 18 heavy (non-hydrogen) atoms. The Morgan fingerprint density at radius 3 is 2.39 bits per heavy atom. The first-order valence-corrected chi connectivity index (χ1v) is 7.10. The maximum atomic E-state index is 5.93. The van der Waals surface area contributed by atoms with E-state index in [4.69, 9.17) is 17.3 Å². The van der Waals surface area contributed by atoms with Crippen LogP contribution in [-0.4, -0.2) is 5.17 Å². The molecule has 1 unspecified atom stereocenters. The van der Waals surface area contributed by atoms with Crippen LogP contribution in [0.2, 0.25) is 5.02 Å². The smallest absolute Gasteiger partial charge is 0.159 e. The summed E-state index contributed by atoms with van der Waals surface area (Å²) in [6.07, 6.45) is 2.18. The fourth-order valence-corrected chi connectivity index (χ4v) is 2.75. The predicted octanol–water partition coefficient (Wildman–Crippen LogP) is 4.37. The van der Waals surface area contributed by atoms with E-state index in [9.17, 15) is 0 Å². The Balaban J connectivity index is 2.33. The maximum Gasteiger partial charge on any atom is 0.159 e. The SMILES string of the molecule is CC(C)(C)C1=CC(c2ccc(Cl)cc2)SC(N)=N1. The molecule has 2 N–H and O–H groups in total. The van der Waals surface area contributed by atoms with Crippen molar-refractivity contribution < 1.29 is 0 Å². The average Bonchev–Trinajstić information content (AvgIpc) is 2.28. The van der Waals surface area contributed by atoms with Gasteiger partial charge < -0.3 is 5.73 Å². The summed E-state index contributed by atoms with van der Waals surface area (Å²) < 4.78 is 0. The summed E-state index contributed by atoms with van der Waals surface area (Å²) in [4.78, 5) is 4.44. The second-order valence-corrected chi connectivity index (χ2v) is 6.94. The molecule has 0 aliphatic carbocycles. The molecule has 0 aromatic heterocycles. The van der Waals surface area contributed by atoms with Crippen LogP contribution in [0.4, 0.5) is 0 Å². The fourth-order valence-electron chi connectivity index (χ4n) is 1.72. The summed E-state index contributed by atoms with van der Waals surface area (Å²) in [5.74, 6) is 0. The highest BCUT2D eigenvalue weighted by atomic mass is 35.5. The number of allylic oxidation sites excluding steroid dienone is 1. The Kier molecular flexibility index (Phi) is 3.74. The van der Waals surface area contributed by atoms with Crippen LogP contribution in [0.3, 0.4) is 0 Å². The van der Waals surface area contributed by atoms with Crippen molar-refractivity contribution in [2.75, 3.05) is 0 Å². The molecule has 1 aromatic carbocycles. The third kappa shape index (κ3) is 3.09. The molecule has 0 bridgehead atoms. The highest BCUT2D eigenvalue weighted by Gasteiger charge is 2.24. The van der Waals surface area contributed by atoms with Crippen molar-refractivity contribution in [1.82, 2.24) is 0 Å². The van der Waals surface area contributed by atoms with Gasteiger partial charge in [0, 0.05) is 16.1 Å². The first kappa shape index (κ1) is 13.5. The highest BCUT2D eigenvalue weighted by molar-refractivity contribution is 8.14. The van der Waals surface area contributed by atoms with Crippen molar-refractivity contribution in [1.29, 1.82) is 0 Å². The average molecular weight is 281 g/mol. The third-order valence-corrected chi connectivity index (χ3v) is 4.00. The highest BCUT2D eigenvalue weighted by Crippen LogP contribution is 2.40. The zero-order chi connectivity index (χ0) is 13.3. The molecule has 96 valence electrons. The van der Waals surface area contributed by atoms with Crippen molar-refractivity contribution in [2.45, 2.75) is 26.0 Å². The summed E-state index contributed by atoms with van der Waals surface area (Å²) in [7, 11) is 0. The topological polar surface area (TPSA) is 38.4 Å². The number of amidine groups is 1. The van der Waals surface area contributed by atoms with Gasteiger partial charge in [-0.2, -0.15) is 0 Å². The van der Waals surface area contributed by atoms with Gasteiger partial charge in [-0.3, -0.25) is 0 Å². The first-order valence-electron chi connectivity index (χ1n) is 5.85. The van der Waals surface area contributed by atoms with E-state index in [1.807, 2.05) is 24.3 Å². The molecule has 1 heterocycles. The van der Waals surface area contributed by atoms with E-state index in [2.05, 4.69) is 31.8 Å². The van der Waals surface area contributed by atoms with Crippen LogP contribution in [0.5, 0.6) is 0 Å². The van der Waals surface area contributed by atoms with Gasteiger partial charge in [0.15, 0.2) is 5.17 Å². The molecule has 4 heteroatoms. The lowest BCUT2D eigenvalue weighted by Crippen LogP contribution is -2.18. The lowest BCUT2D eigenvalue weighted by atomic mass is 9.91. The molecular formula is C14H17ClN2S. The molecule has 2 nitrogen and oxygen atoms in total. The zero-order valence-electron chi connectivity index (χ0n) is 10.8. The molecule has 0 amide bonds. The number of thioether (sulfide) groups is 1. The van der Waals surface area contributed by atoms with Crippen molar-refractivity contribution in [3.8, 4) is 0 Å². The third-order valence-electron chi connectivity index (χ3n) is 2.75. The van der Waals surface area contributed by atoms with Crippen molar-refractivity contribution in [3.05, 3.63) is 46.6 Å². The standard InChI is InChI=1S/C14H17ClN2S/c1-14(2,3)12-8-11(18-13(16)17-12)9-4-6-10(15)7-5-9/h4-8,11H,1-3H3,(H2,16,17). The summed E-state index contributed by atoms with van der Waals surface area (Å²) in [6.45, 7) is 6.43. The van der Waals surface area contributed by atoms with E-state index in [0.29, 0.717) is 5.17 Å². The number of hydrogen-bond acceptors (Lipinski definition) is 3. The largest absolute Gasteiger partial charge is 0.378 e. The number of rotatable bonds is 1. The second kappa shape index (κ2) is 4.98. The van der Waals surface area contributed by atoms with Gasteiger partial charge >= 0.3 is 0 Å². The van der Waals surface area contributed by atoms with Gasteiger partial charge in [0.05, 0.1) is 5.25 Å². The number of nitrogens with two attached hydrogens (primary N) is 1. The number of halogens is 1. The number of benzene rings is 1. The van der Waals surface area contributed by atoms with Crippen LogP contribution >= 0.6 is 23.4 Å². The molecule has 1 aromatic rings. The molecule has 0 spiro atoms. The van der Waals surface area contributed by atoms with Gasteiger partial charge in [-0.1, -0.05) is 56.3 Å². The van der Waals surface area contributed by atoms with Gasteiger partial charge in [0.25, 0.3) is 0 Å². The van der Waals surface area contributed by atoms with Gasteiger partial charge in [0.1, 0.15) is 0 Å². The van der Waals surface area contributed by atoms with E-state index in [0.717, 1.165) is 10.7 Å². The van der Waals surface area contributed by atoms with Crippen LogP contribution in [0.25, 0.3) is 0 Å². The number of aliphatic imine (C=N–C) groups is 1.